The van der Waals surface area contributed by atoms with Gasteiger partial charge in [0.15, 0.2) is 0 Å². The van der Waals surface area contributed by atoms with Gasteiger partial charge in [0.25, 0.3) is 0 Å². The second-order valence-electron chi connectivity index (χ2n) is 7.12. The molecule has 0 amide bonds. The van der Waals surface area contributed by atoms with Crippen LogP contribution in [0.2, 0.25) is 0 Å². The number of likely N-dealkylation sites (tertiary alicyclic amines) is 1. The molecule has 0 aliphatic carbocycles. The predicted octanol–water partition coefficient (Wildman–Crippen LogP) is 6.33. The molecule has 0 bridgehead atoms. The van der Waals surface area contributed by atoms with E-state index in [9.17, 15) is 9.90 Å². The monoisotopic (exact) mass is 471 g/mol. The largest absolute Gasteiger partial charge is 0.480 e. The van der Waals surface area contributed by atoms with Crippen LogP contribution in [0, 0.1) is 0 Å². The fourth-order valence-corrected chi connectivity index (χ4v) is 5.47. The van der Waals surface area contributed by atoms with Gasteiger partial charge in [-0.25, -0.2) is 0 Å². The highest BCUT2D eigenvalue weighted by Gasteiger charge is 2.35. The van der Waals surface area contributed by atoms with Gasteiger partial charge in [0.2, 0.25) is 0 Å². The molecule has 0 spiro atoms. The van der Waals surface area contributed by atoms with Gasteiger partial charge >= 0.3 is 5.97 Å². The highest BCUT2D eigenvalue weighted by molar-refractivity contribution is 9.11. The Morgan fingerprint density at radius 1 is 1.07 bits per heavy atom. The van der Waals surface area contributed by atoms with E-state index in [2.05, 4.69) is 33.0 Å². The summed E-state index contributed by atoms with van der Waals surface area (Å²) in [4.78, 5) is 15.2. The van der Waals surface area contributed by atoms with Gasteiger partial charge in [0.1, 0.15) is 17.5 Å². The first-order valence-corrected chi connectivity index (χ1v) is 11.3. The third-order valence-electron chi connectivity index (χ3n) is 5.18. The number of para-hydroxylation sites is 1. The number of ether oxygens (including phenoxy) is 1. The summed E-state index contributed by atoms with van der Waals surface area (Å²) >= 11 is 5.21. The van der Waals surface area contributed by atoms with E-state index in [1.165, 1.54) is 0 Å². The van der Waals surface area contributed by atoms with Crippen molar-refractivity contribution in [1.82, 2.24) is 4.90 Å². The Morgan fingerprint density at radius 2 is 1.86 bits per heavy atom. The van der Waals surface area contributed by atoms with Crippen LogP contribution in [-0.4, -0.2) is 28.6 Å². The molecule has 1 aromatic heterocycles. The molecule has 1 saturated heterocycles. The number of hydrogen-bond donors (Lipinski definition) is 1. The second kappa shape index (κ2) is 9.11. The number of carboxylic acid groups (broad SMARTS) is 1. The van der Waals surface area contributed by atoms with Crippen molar-refractivity contribution in [1.29, 1.82) is 0 Å². The zero-order valence-corrected chi connectivity index (χ0v) is 18.2. The fourth-order valence-electron chi connectivity index (χ4n) is 3.90. The summed E-state index contributed by atoms with van der Waals surface area (Å²) in [5, 5.41) is 9.83. The lowest BCUT2D eigenvalue weighted by atomic mass is 9.95. The molecule has 2 aromatic carbocycles. The van der Waals surface area contributed by atoms with Gasteiger partial charge in [-0.05, 0) is 77.3 Å². The van der Waals surface area contributed by atoms with Crippen molar-refractivity contribution >= 4 is 33.2 Å². The number of thiophene rings is 1. The van der Waals surface area contributed by atoms with E-state index in [0.29, 0.717) is 6.42 Å². The lowest BCUT2D eigenvalue weighted by molar-refractivity contribution is -0.145. The molecule has 1 aliphatic rings. The third-order valence-corrected chi connectivity index (χ3v) is 6.85. The first kappa shape index (κ1) is 20.1. The summed E-state index contributed by atoms with van der Waals surface area (Å²) in [6, 6.07) is 21.2. The first-order chi connectivity index (χ1) is 14.1. The van der Waals surface area contributed by atoms with E-state index in [1.54, 1.807) is 11.3 Å². The van der Waals surface area contributed by atoms with Crippen molar-refractivity contribution in [2.75, 3.05) is 6.54 Å². The number of hydrogen-bond acceptors (Lipinski definition) is 4. The zero-order valence-electron chi connectivity index (χ0n) is 15.8. The molecule has 2 atom stereocenters. The standard InChI is InChI=1S/C23H22BrNO3S/c24-21-13-12-20(29-21)22(25-14-5-4-11-19(25)23(26)27)16-7-6-10-18(15-16)28-17-8-2-1-3-9-17/h1-3,6-10,12-13,15,19,22H,4-5,11,14H2,(H,26,27). The molecule has 2 unspecified atom stereocenters. The number of piperidine rings is 1. The van der Waals surface area contributed by atoms with Crippen molar-refractivity contribution in [3.63, 3.8) is 0 Å². The van der Waals surface area contributed by atoms with Crippen LogP contribution in [0.1, 0.15) is 35.7 Å². The van der Waals surface area contributed by atoms with E-state index >= 15 is 0 Å². The van der Waals surface area contributed by atoms with Gasteiger partial charge in [-0.1, -0.05) is 36.8 Å². The Balaban J connectivity index is 1.71. The summed E-state index contributed by atoms with van der Waals surface area (Å²) in [5.74, 6) is 0.779. The molecule has 150 valence electrons. The SMILES string of the molecule is O=C(O)C1CCCCN1C(c1cccc(Oc2ccccc2)c1)c1ccc(Br)s1. The van der Waals surface area contributed by atoms with Crippen LogP contribution in [0.4, 0.5) is 0 Å². The van der Waals surface area contributed by atoms with E-state index in [4.69, 9.17) is 4.74 Å². The van der Waals surface area contributed by atoms with Gasteiger partial charge in [-0.15, -0.1) is 11.3 Å². The van der Waals surface area contributed by atoms with Gasteiger partial charge in [-0.2, -0.15) is 0 Å². The van der Waals surface area contributed by atoms with Crippen LogP contribution in [0.25, 0.3) is 0 Å². The quantitative estimate of drug-likeness (QED) is 0.456. The van der Waals surface area contributed by atoms with Crippen LogP contribution >= 0.6 is 27.3 Å². The van der Waals surface area contributed by atoms with Crippen LogP contribution in [-0.2, 0) is 4.79 Å². The normalized spacial score (nSPS) is 18.3. The maximum Gasteiger partial charge on any atom is 0.320 e. The molecule has 1 N–H and O–H groups in total. The van der Waals surface area contributed by atoms with E-state index < -0.39 is 12.0 Å². The molecule has 1 aliphatic heterocycles. The molecular weight excluding hydrogens is 450 g/mol. The van der Waals surface area contributed by atoms with Crippen molar-refractivity contribution in [3.8, 4) is 11.5 Å². The highest BCUT2D eigenvalue weighted by Crippen LogP contribution is 2.40. The highest BCUT2D eigenvalue weighted by atomic mass is 79.9. The minimum absolute atomic E-state index is 0.118. The molecule has 4 rings (SSSR count). The molecule has 2 heterocycles. The van der Waals surface area contributed by atoms with Crippen LogP contribution < -0.4 is 4.74 Å². The minimum Gasteiger partial charge on any atom is -0.480 e. The van der Waals surface area contributed by atoms with E-state index in [0.717, 1.165) is 45.1 Å². The number of halogens is 1. The molecule has 29 heavy (non-hydrogen) atoms. The van der Waals surface area contributed by atoms with Crippen LogP contribution in [0.3, 0.4) is 0 Å². The van der Waals surface area contributed by atoms with E-state index in [1.807, 2.05) is 54.6 Å². The summed E-state index contributed by atoms with van der Waals surface area (Å²) in [6.07, 6.45) is 2.64. The summed E-state index contributed by atoms with van der Waals surface area (Å²) in [6.45, 7) is 0.765. The molecule has 3 aromatic rings. The number of aliphatic carboxylic acids is 1. The molecule has 0 saturated carbocycles. The van der Waals surface area contributed by atoms with Crippen molar-refractivity contribution in [2.45, 2.75) is 31.3 Å². The molecule has 0 radical (unpaired) electrons. The smallest absolute Gasteiger partial charge is 0.320 e. The lowest BCUT2D eigenvalue weighted by Crippen LogP contribution is -2.46. The Hall–Kier alpha value is -2.15. The Labute approximate surface area is 182 Å². The topological polar surface area (TPSA) is 49.8 Å². The molecule has 4 nitrogen and oxygen atoms in total. The maximum absolute atomic E-state index is 12.0. The van der Waals surface area contributed by atoms with Gasteiger partial charge in [-0.3, -0.25) is 9.69 Å². The zero-order chi connectivity index (χ0) is 20.2. The van der Waals surface area contributed by atoms with E-state index in [-0.39, 0.29) is 6.04 Å². The third kappa shape index (κ3) is 4.71. The molecule has 1 fully saturated rings. The average molecular weight is 472 g/mol. The first-order valence-electron chi connectivity index (χ1n) is 9.68. The second-order valence-corrected chi connectivity index (χ2v) is 9.61. The van der Waals surface area contributed by atoms with Crippen molar-refractivity contribution in [2.24, 2.45) is 0 Å². The Bertz CT molecular complexity index is 975. The molecule has 6 heteroatoms. The number of carboxylic acids is 1. The van der Waals surface area contributed by atoms with Crippen molar-refractivity contribution in [3.05, 3.63) is 81.0 Å². The Morgan fingerprint density at radius 3 is 2.59 bits per heavy atom. The van der Waals surface area contributed by atoms with Crippen molar-refractivity contribution < 1.29 is 14.6 Å². The molecular formula is C23H22BrNO3S. The number of nitrogens with zero attached hydrogens (tertiary/aromatic N) is 1. The lowest BCUT2D eigenvalue weighted by Gasteiger charge is -2.39. The maximum atomic E-state index is 12.0. The van der Waals surface area contributed by atoms with Gasteiger partial charge < -0.3 is 9.84 Å². The number of rotatable bonds is 6. The van der Waals surface area contributed by atoms with Gasteiger partial charge in [0.05, 0.1) is 9.83 Å². The Kier molecular flexibility index (Phi) is 6.33. The van der Waals surface area contributed by atoms with Gasteiger partial charge in [0, 0.05) is 4.88 Å². The van der Waals surface area contributed by atoms with Crippen LogP contribution in [0.5, 0.6) is 11.5 Å². The number of benzene rings is 2. The fraction of sp³-hybridized carbons (Fsp3) is 0.261. The summed E-state index contributed by atoms with van der Waals surface area (Å²) in [5.41, 5.74) is 1.04. The average Bonchev–Trinajstić information content (AvgIpc) is 3.15. The predicted molar refractivity (Wildman–Crippen MR) is 119 cm³/mol. The van der Waals surface area contributed by atoms with Crippen LogP contribution in [0.15, 0.2) is 70.5 Å². The number of carbonyl (C=O) groups is 1. The minimum atomic E-state index is -0.748. The summed E-state index contributed by atoms with van der Waals surface area (Å²) in [7, 11) is 0. The summed E-state index contributed by atoms with van der Waals surface area (Å²) < 4.78 is 7.07.